The summed E-state index contributed by atoms with van der Waals surface area (Å²) in [5.41, 5.74) is 7.39. The van der Waals surface area contributed by atoms with Crippen molar-refractivity contribution < 1.29 is 0 Å². The van der Waals surface area contributed by atoms with E-state index in [9.17, 15) is 0 Å². The highest BCUT2D eigenvalue weighted by atomic mass is 15.3. The number of hydrogen-bond donors (Lipinski definition) is 1. The third-order valence-electron chi connectivity index (χ3n) is 7.17. The van der Waals surface area contributed by atoms with Crippen molar-refractivity contribution in [1.82, 2.24) is 4.98 Å². The Morgan fingerprint density at radius 2 is 1.55 bits per heavy atom. The maximum absolute atomic E-state index is 5.20. The topological polar surface area (TPSA) is 31.4 Å². The summed E-state index contributed by atoms with van der Waals surface area (Å²) >= 11 is 0. The van der Waals surface area contributed by atoms with Crippen LogP contribution in [0.2, 0.25) is 0 Å². The summed E-state index contributed by atoms with van der Waals surface area (Å²) in [6.07, 6.45) is 4.99. The molecule has 3 heterocycles. The number of aromatic nitrogens is 1. The fourth-order valence-corrected chi connectivity index (χ4v) is 5.36. The highest BCUT2D eigenvalue weighted by Gasteiger charge is 2.32. The number of para-hydroxylation sites is 1. The number of hydrogen-bond acceptors (Lipinski definition) is 4. The lowest BCUT2D eigenvalue weighted by molar-refractivity contribution is 0.719. The highest BCUT2D eigenvalue weighted by Crippen LogP contribution is 2.46. The van der Waals surface area contributed by atoms with Crippen molar-refractivity contribution in [3.8, 4) is 0 Å². The third-order valence-corrected chi connectivity index (χ3v) is 7.17. The summed E-state index contributed by atoms with van der Waals surface area (Å²) in [6.45, 7) is 11.3. The van der Waals surface area contributed by atoms with Gasteiger partial charge in [0.25, 0.3) is 0 Å². The Hall–Kier alpha value is -2.75. The van der Waals surface area contributed by atoms with Gasteiger partial charge in [-0.25, -0.2) is 4.98 Å². The van der Waals surface area contributed by atoms with Gasteiger partial charge in [0.05, 0.1) is 11.2 Å². The van der Waals surface area contributed by atoms with E-state index in [1.807, 2.05) is 0 Å². The lowest BCUT2D eigenvalue weighted by Crippen LogP contribution is -2.33. The van der Waals surface area contributed by atoms with Crippen LogP contribution in [0.5, 0.6) is 0 Å². The zero-order valence-corrected chi connectivity index (χ0v) is 19.3. The van der Waals surface area contributed by atoms with Crippen LogP contribution in [0, 0.1) is 13.8 Å². The van der Waals surface area contributed by atoms with Crippen molar-refractivity contribution in [3.05, 3.63) is 53.6 Å². The minimum Gasteiger partial charge on any atom is -0.366 e. The van der Waals surface area contributed by atoms with Gasteiger partial charge in [-0.1, -0.05) is 30.3 Å². The minimum atomic E-state index is 0.527. The molecule has 0 spiro atoms. The minimum absolute atomic E-state index is 0.527. The van der Waals surface area contributed by atoms with Crippen LogP contribution in [0.15, 0.2) is 42.5 Å². The number of nitrogens with zero attached hydrogens (tertiary/aromatic N) is 3. The zero-order chi connectivity index (χ0) is 21.5. The van der Waals surface area contributed by atoms with Crippen molar-refractivity contribution in [3.63, 3.8) is 0 Å². The quantitative estimate of drug-likeness (QED) is 0.523. The van der Waals surface area contributed by atoms with Crippen LogP contribution in [0.1, 0.15) is 50.7 Å². The molecule has 2 aromatic carbocycles. The molecule has 2 fully saturated rings. The largest absolute Gasteiger partial charge is 0.366 e. The van der Waals surface area contributed by atoms with Crippen LogP contribution in [-0.4, -0.2) is 30.2 Å². The molecule has 162 valence electrons. The maximum Gasteiger partial charge on any atom is 0.156 e. The van der Waals surface area contributed by atoms with Crippen molar-refractivity contribution in [2.24, 2.45) is 0 Å². The number of rotatable bonds is 4. The number of nitrogens with one attached hydrogen (secondary N) is 1. The first-order valence-corrected chi connectivity index (χ1v) is 11.8. The van der Waals surface area contributed by atoms with Gasteiger partial charge in [0.1, 0.15) is 5.69 Å². The molecule has 0 radical (unpaired) electrons. The van der Waals surface area contributed by atoms with E-state index in [0.29, 0.717) is 12.1 Å². The van der Waals surface area contributed by atoms with Gasteiger partial charge in [-0.05, 0) is 76.6 Å². The smallest absolute Gasteiger partial charge is 0.156 e. The number of benzene rings is 2. The van der Waals surface area contributed by atoms with Crippen LogP contribution in [0.3, 0.4) is 0 Å². The molecule has 2 saturated heterocycles. The summed E-state index contributed by atoms with van der Waals surface area (Å²) in [5.74, 6) is 0.996. The van der Waals surface area contributed by atoms with E-state index in [1.54, 1.807) is 0 Å². The molecule has 0 aliphatic carbocycles. The summed E-state index contributed by atoms with van der Waals surface area (Å²) in [5, 5.41) is 5.05. The normalized spacial score (nSPS) is 21.3. The van der Waals surface area contributed by atoms with Crippen LogP contribution < -0.4 is 15.1 Å². The first-order valence-electron chi connectivity index (χ1n) is 11.8. The Bertz CT molecular complexity index is 1110. The van der Waals surface area contributed by atoms with E-state index < -0.39 is 0 Å². The predicted octanol–water partition coefficient (Wildman–Crippen LogP) is 6.57. The molecule has 2 aliphatic rings. The van der Waals surface area contributed by atoms with Gasteiger partial charge in [-0.15, -0.1) is 0 Å². The molecule has 0 amide bonds. The van der Waals surface area contributed by atoms with E-state index in [-0.39, 0.29) is 0 Å². The van der Waals surface area contributed by atoms with Gasteiger partial charge < -0.3 is 15.1 Å². The standard InChI is InChI=1S/C27H34N4/c1-18-13-14-19(2)24(17-18)29-27-26(31-16-8-10-21(31)4)25(30-15-7-9-20(30)3)22-11-5-6-12-23(22)28-27/h5-6,11-14,17,20-21H,7-10,15-16H2,1-4H3,(H,28,29). The van der Waals surface area contributed by atoms with Crippen LogP contribution >= 0.6 is 0 Å². The van der Waals surface area contributed by atoms with Gasteiger partial charge >= 0.3 is 0 Å². The third kappa shape index (κ3) is 3.62. The molecule has 1 aromatic heterocycles. The van der Waals surface area contributed by atoms with Gasteiger partial charge in [-0.2, -0.15) is 0 Å². The second kappa shape index (κ2) is 8.07. The average molecular weight is 415 g/mol. The molecular weight excluding hydrogens is 380 g/mol. The molecule has 4 heteroatoms. The lowest BCUT2D eigenvalue weighted by atomic mass is 10.1. The summed E-state index contributed by atoms with van der Waals surface area (Å²) in [7, 11) is 0. The molecule has 1 N–H and O–H groups in total. The molecule has 0 bridgehead atoms. The molecular formula is C27H34N4. The molecule has 3 aromatic rings. The number of pyridine rings is 1. The molecule has 5 rings (SSSR count). The van der Waals surface area contributed by atoms with Gasteiger partial charge in [0.15, 0.2) is 5.82 Å². The Labute approximate surface area is 186 Å². The monoisotopic (exact) mass is 414 g/mol. The fourth-order valence-electron chi connectivity index (χ4n) is 5.36. The Kier molecular flexibility index (Phi) is 5.25. The molecule has 2 aliphatic heterocycles. The number of aryl methyl sites for hydroxylation is 2. The fraction of sp³-hybridized carbons (Fsp3) is 0.444. The van der Waals surface area contributed by atoms with Gasteiger partial charge in [-0.3, -0.25) is 0 Å². The van der Waals surface area contributed by atoms with Gasteiger partial charge in [0, 0.05) is 36.2 Å². The summed E-state index contributed by atoms with van der Waals surface area (Å²) in [4.78, 5) is 10.4. The van der Waals surface area contributed by atoms with Crippen LogP contribution in [0.4, 0.5) is 22.9 Å². The highest BCUT2D eigenvalue weighted by molar-refractivity contribution is 6.04. The molecule has 2 atom stereocenters. The van der Waals surface area contributed by atoms with E-state index in [2.05, 4.69) is 85.3 Å². The first kappa shape index (κ1) is 20.2. The zero-order valence-electron chi connectivity index (χ0n) is 19.3. The van der Waals surface area contributed by atoms with Crippen molar-refractivity contribution in [1.29, 1.82) is 0 Å². The Morgan fingerprint density at radius 1 is 0.871 bits per heavy atom. The maximum atomic E-state index is 5.20. The van der Waals surface area contributed by atoms with Crippen molar-refractivity contribution in [2.45, 2.75) is 65.5 Å². The predicted molar refractivity (Wildman–Crippen MR) is 133 cm³/mol. The van der Waals surface area contributed by atoms with E-state index in [4.69, 9.17) is 4.98 Å². The summed E-state index contributed by atoms with van der Waals surface area (Å²) in [6, 6.07) is 16.4. The van der Waals surface area contributed by atoms with Crippen LogP contribution in [0.25, 0.3) is 10.9 Å². The Balaban J connectivity index is 1.76. The summed E-state index contributed by atoms with van der Waals surface area (Å²) < 4.78 is 0. The van der Waals surface area contributed by atoms with E-state index in [0.717, 1.165) is 30.1 Å². The van der Waals surface area contributed by atoms with E-state index >= 15 is 0 Å². The number of anilines is 4. The molecule has 2 unspecified atom stereocenters. The molecule has 0 saturated carbocycles. The van der Waals surface area contributed by atoms with Crippen molar-refractivity contribution >= 4 is 33.8 Å². The average Bonchev–Trinajstić information content (AvgIpc) is 3.37. The Morgan fingerprint density at radius 3 is 2.23 bits per heavy atom. The van der Waals surface area contributed by atoms with Crippen LogP contribution in [-0.2, 0) is 0 Å². The SMILES string of the molecule is Cc1ccc(C)c(Nc2nc3ccccc3c(N3CCCC3C)c2N2CCCC2C)c1. The second-order valence-corrected chi connectivity index (χ2v) is 9.49. The first-order chi connectivity index (χ1) is 15.0. The molecule has 4 nitrogen and oxygen atoms in total. The molecule has 31 heavy (non-hydrogen) atoms. The van der Waals surface area contributed by atoms with Crippen molar-refractivity contribution in [2.75, 3.05) is 28.2 Å². The lowest BCUT2D eigenvalue weighted by Gasteiger charge is -2.35. The van der Waals surface area contributed by atoms with E-state index in [1.165, 1.54) is 53.6 Å². The number of fused-ring (bicyclic) bond motifs is 1. The van der Waals surface area contributed by atoms with Gasteiger partial charge in [0.2, 0.25) is 0 Å². The second-order valence-electron chi connectivity index (χ2n) is 9.49.